The number of aromatic nitrogens is 3. The molecule has 0 aliphatic rings. The molecule has 2 aromatic heterocycles. The van der Waals surface area contributed by atoms with Crippen molar-refractivity contribution < 1.29 is 13.2 Å². The normalized spacial score (nSPS) is 11.3. The molecular formula is C21H18N4O3S. The van der Waals surface area contributed by atoms with Crippen LogP contribution in [-0.2, 0) is 16.6 Å². The molecule has 8 heteroatoms. The molecule has 4 aromatic rings. The molecule has 0 saturated carbocycles. The first kappa shape index (κ1) is 18.8. The summed E-state index contributed by atoms with van der Waals surface area (Å²) in [6.45, 7) is 1.92. The Balaban J connectivity index is 1.72. The maximum absolute atomic E-state index is 12.9. The number of anilines is 1. The Kier molecular flexibility index (Phi) is 5.09. The van der Waals surface area contributed by atoms with Crippen LogP contribution in [0.3, 0.4) is 0 Å². The van der Waals surface area contributed by atoms with Crippen LogP contribution in [0.1, 0.15) is 11.1 Å². The predicted molar refractivity (Wildman–Crippen MR) is 110 cm³/mol. The monoisotopic (exact) mass is 406 g/mol. The second-order valence-electron chi connectivity index (χ2n) is 6.39. The van der Waals surface area contributed by atoms with Crippen LogP contribution in [0, 0.1) is 6.92 Å². The van der Waals surface area contributed by atoms with Crippen molar-refractivity contribution in [1.82, 2.24) is 15.0 Å². The van der Waals surface area contributed by atoms with Crippen LogP contribution in [0.4, 0.5) is 5.82 Å². The van der Waals surface area contributed by atoms with Gasteiger partial charge in [-0.15, -0.1) is 0 Å². The second kappa shape index (κ2) is 7.84. The first-order valence-electron chi connectivity index (χ1n) is 8.90. The lowest BCUT2D eigenvalue weighted by atomic mass is 10.2. The van der Waals surface area contributed by atoms with E-state index >= 15 is 0 Å². The molecule has 2 heterocycles. The van der Waals surface area contributed by atoms with Crippen LogP contribution in [0.2, 0.25) is 0 Å². The average Bonchev–Trinajstić information content (AvgIpc) is 2.73. The van der Waals surface area contributed by atoms with Gasteiger partial charge in [0.2, 0.25) is 5.82 Å². The van der Waals surface area contributed by atoms with E-state index < -0.39 is 10.0 Å². The lowest BCUT2D eigenvalue weighted by Gasteiger charge is -2.14. The van der Waals surface area contributed by atoms with Crippen LogP contribution in [0.25, 0.3) is 11.0 Å². The van der Waals surface area contributed by atoms with Crippen LogP contribution >= 0.6 is 0 Å². The molecule has 0 spiro atoms. The Hall–Kier alpha value is -3.52. The van der Waals surface area contributed by atoms with E-state index in [0.29, 0.717) is 16.6 Å². The van der Waals surface area contributed by atoms with E-state index in [1.165, 1.54) is 0 Å². The number of benzene rings is 2. The minimum Gasteiger partial charge on any atom is -0.470 e. The molecule has 2 aromatic carbocycles. The molecule has 0 aliphatic heterocycles. The van der Waals surface area contributed by atoms with Crippen molar-refractivity contribution in [3.8, 4) is 5.88 Å². The number of pyridine rings is 1. The highest BCUT2D eigenvalue weighted by Crippen LogP contribution is 2.27. The SMILES string of the molecule is Cc1ccccc1S(=O)(=O)Nc1nc2ccccc2nc1OCc1cccnc1. The first-order chi connectivity index (χ1) is 14.0. The van der Waals surface area contributed by atoms with Crippen molar-refractivity contribution in [3.05, 3.63) is 84.2 Å². The summed E-state index contributed by atoms with van der Waals surface area (Å²) in [5.74, 6) is 0.139. The number of hydrogen-bond donors (Lipinski definition) is 1. The number of para-hydroxylation sites is 2. The Bertz CT molecular complexity index is 1260. The summed E-state index contributed by atoms with van der Waals surface area (Å²) in [4.78, 5) is 13.1. The van der Waals surface area contributed by atoms with Crippen LogP contribution < -0.4 is 9.46 Å². The molecule has 146 valence electrons. The highest BCUT2D eigenvalue weighted by molar-refractivity contribution is 7.92. The lowest BCUT2D eigenvalue weighted by molar-refractivity contribution is 0.295. The Morgan fingerprint density at radius 2 is 1.66 bits per heavy atom. The van der Waals surface area contributed by atoms with Crippen molar-refractivity contribution in [2.45, 2.75) is 18.4 Å². The summed E-state index contributed by atoms with van der Waals surface area (Å²) in [5.41, 5.74) is 2.62. The molecule has 0 unspecified atom stereocenters. The summed E-state index contributed by atoms with van der Waals surface area (Å²) in [7, 11) is -3.86. The summed E-state index contributed by atoms with van der Waals surface area (Å²) in [6, 6.07) is 17.6. The summed E-state index contributed by atoms with van der Waals surface area (Å²) < 4.78 is 34.2. The number of nitrogens with one attached hydrogen (secondary N) is 1. The van der Waals surface area contributed by atoms with E-state index in [4.69, 9.17) is 4.74 Å². The molecule has 0 atom stereocenters. The Morgan fingerprint density at radius 3 is 2.38 bits per heavy atom. The van der Waals surface area contributed by atoms with Crippen molar-refractivity contribution in [1.29, 1.82) is 0 Å². The van der Waals surface area contributed by atoms with Gasteiger partial charge in [0.15, 0.2) is 0 Å². The fraction of sp³-hybridized carbons (Fsp3) is 0.0952. The maximum Gasteiger partial charge on any atom is 0.263 e. The predicted octanol–water partition coefficient (Wildman–Crippen LogP) is 3.71. The smallest absolute Gasteiger partial charge is 0.263 e. The standard InChI is InChI=1S/C21H18N4O3S/c1-15-7-2-5-11-19(15)29(26,27)25-20-21(28-14-16-8-6-12-22-13-16)24-18-10-4-3-9-17(18)23-20/h2-13H,14H2,1H3,(H,23,25). The van der Waals surface area contributed by atoms with Gasteiger partial charge in [-0.25, -0.2) is 18.4 Å². The third-order valence-corrected chi connectivity index (χ3v) is 5.75. The van der Waals surface area contributed by atoms with E-state index in [1.807, 2.05) is 18.2 Å². The molecule has 4 rings (SSSR count). The number of aryl methyl sites for hydroxylation is 1. The van der Waals surface area contributed by atoms with E-state index in [0.717, 1.165) is 5.56 Å². The number of fused-ring (bicyclic) bond motifs is 1. The first-order valence-corrected chi connectivity index (χ1v) is 10.4. The van der Waals surface area contributed by atoms with Gasteiger partial charge in [-0.2, -0.15) is 0 Å². The van der Waals surface area contributed by atoms with Gasteiger partial charge in [-0.1, -0.05) is 36.4 Å². The molecule has 0 fully saturated rings. The zero-order chi connectivity index (χ0) is 20.3. The van der Waals surface area contributed by atoms with Crippen molar-refractivity contribution >= 4 is 26.9 Å². The quantitative estimate of drug-likeness (QED) is 0.525. The van der Waals surface area contributed by atoms with Crippen LogP contribution in [0.15, 0.2) is 78.0 Å². The van der Waals surface area contributed by atoms with E-state index in [9.17, 15) is 8.42 Å². The molecule has 0 saturated heterocycles. The molecule has 0 aliphatic carbocycles. The van der Waals surface area contributed by atoms with Gasteiger partial charge in [-0.3, -0.25) is 9.71 Å². The summed E-state index contributed by atoms with van der Waals surface area (Å²) in [5, 5.41) is 0. The van der Waals surface area contributed by atoms with E-state index in [1.54, 1.807) is 61.8 Å². The van der Waals surface area contributed by atoms with Crippen LogP contribution in [-0.4, -0.2) is 23.4 Å². The minimum atomic E-state index is -3.86. The zero-order valence-corrected chi connectivity index (χ0v) is 16.4. The molecule has 0 bridgehead atoms. The number of rotatable bonds is 6. The third-order valence-electron chi connectivity index (χ3n) is 4.25. The summed E-state index contributed by atoms with van der Waals surface area (Å²) in [6.07, 6.45) is 3.34. The average molecular weight is 406 g/mol. The number of ether oxygens (including phenoxy) is 1. The van der Waals surface area contributed by atoms with Gasteiger partial charge in [0.1, 0.15) is 6.61 Å². The van der Waals surface area contributed by atoms with Gasteiger partial charge in [0, 0.05) is 18.0 Å². The maximum atomic E-state index is 12.9. The van der Waals surface area contributed by atoms with Gasteiger partial charge >= 0.3 is 0 Å². The fourth-order valence-electron chi connectivity index (χ4n) is 2.83. The molecule has 0 amide bonds. The summed E-state index contributed by atoms with van der Waals surface area (Å²) >= 11 is 0. The van der Waals surface area contributed by atoms with Crippen molar-refractivity contribution in [2.24, 2.45) is 0 Å². The van der Waals surface area contributed by atoms with Crippen LogP contribution in [0.5, 0.6) is 5.88 Å². The Labute approximate surface area is 168 Å². The fourth-order valence-corrected chi connectivity index (χ4v) is 4.07. The molecule has 1 N–H and O–H groups in total. The highest BCUT2D eigenvalue weighted by Gasteiger charge is 2.21. The molecule has 29 heavy (non-hydrogen) atoms. The molecule has 7 nitrogen and oxygen atoms in total. The largest absolute Gasteiger partial charge is 0.470 e. The highest BCUT2D eigenvalue weighted by atomic mass is 32.2. The zero-order valence-electron chi connectivity index (χ0n) is 15.6. The van der Waals surface area contributed by atoms with Gasteiger partial charge < -0.3 is 4.74 Å². The second-order valence-corrected chi connectivity index (χ2v) is 8.04. The topological polar surface area (TPSA) is 94.1 Å². The Morgan fingerprint density at radius 1 is 0.931 bits per heavy atom. The lowest BCUT2D eigenvalue weighted by Crippen LogP contribution is -2.16. The van der Waals surface area contributed by atoms with Crippen molar-refractivity contribution in [3.63, 3.8) is 0 Å². The van der Waals surface area contributed by atoms with E-state index in [2.05, 4.69) is 19.7 Å². The number of sulfonamides is 1. The molecular weight excluding hydrogens is 388 g/mol. The van der Waals surface area contributed by atoms with Gasteiger partial charge in [0.05, 0.1) is 15.9 Å². The number of nitrogens with zero attached hydrogens (tertiary/aromatic N) is 3. The third kappa shape index (κ3) is 4.17. The van der Waals surface area contributed by atoms with Gasteiger partial charge in [0.25, 0.3) is 15.9 Å². The van der Waals surface area contributed by atoms with Crippen molar-refractivity contribution in [2.75, 3.05) is 4.72 Å². The minimum absolute atomic E-state index is 0.0378. The number of hydrogen-bond acceptors (Lipinski definition) is 6. The molecule has 0 radical (unpaired) electrons. The van der Waals surface area contributed by atoms with E-state index in [-0.39, 0.29) is 23.2 Å². The van der Waals surface area contributed by atoms with Gasteiger partial charge in [-0.05, 0) is 36.8 Å².